The van der Waals surface area contributed by atoms with Gasteiger partial charge >= 0.3 is 5.97 Å². The van der Waals surface area contributed by atoms with E-state index < -0.39 is 6.29 Å². The second-order valence-electron chi connectivity index (χ2n) is 11.1. The summed E-state index contributed by atoms with van der Waals surface area (Å²) in [6, 6.07) is 18.5. The second kappa shape index (κ2) is 18.0. The molecule has 0 heterocycles. The summed E-state index contributed by atoms with van der Waals surface area (Å²) in [7, 11) is 4.12. The molecule has 0 amide bonds. The lowest BCUT2D eigenvalue weighted by atomic mass is 10.0. The number of benzene rings is 2. The summed E-state index contributed by atoms with van der Waals surface area (Å²) in [5, 5.41) is 0. The number of rotatable bonds is 20. The SMILES string of the molecule is CCCCCCCCCCCCc1ccccc1OC(CCC)OC(=O)C[N+](C)(C)Cc1ccccc1. The second-order valence-corrected chi connectivity index (χ2v) is 11.1. The molecule has 4 nitrogen and oxygen atoms in total. The van der Waals surface area contributed by atoms with Crippen LogP contribution in [-0.4, -0.2) is 37.4 Å². The maximum Gasteiger partial charge on any atom is 0.364 e. The predicted octanol–water partition coefficient (Wildman–Crippen LogP) is 8.47. The molecule has 2 aromatic rings. The predicted molar refractivity (Wildman–Crippen MR) is 155 cm³/mol. The van der Waals surface area contributed by atoms with Crippen molar-refractivity contribution in [3.63, 3.8) is 0 Å². The van der Waals surface area contributed by atoms with Crippen molar-refractivity contribution in [2.45, 2.75) is 110 Å². The van der Waals surface area contributed by atoms with Crippen LogP contribution >= 0.6 is 0 Å². The summed E-state index contributed by atoms with van der Waals surface area (Å²) in [5.74, 6) is 0.634. The highest BCUT2D eigenvalue weighted by Crippen LogP contribution is 2.24. The first-order valence-electron chi connectivity index (χ1n) is 14.7. The molecule has 0 bridgehead atoms. The van der Waals surface area contributed by atoms with Gasteiger partial charge in [0.2, 0.25) is 6.29 Å². The molecule has 2 rings (SSSR count). The molecule has 0 spiro atoms. The number of para-hydroxylation sites is 1. The van der Waals surface area contributed by atoms with E-state index in [1.165, 1.54) is 75.3 Å². The van der Waals surface area contributed by atoms with Crippen molar-refractivity contribution in [2.75, 3.05) is 20.6 Å². The Morgan fingerprint density at radius 2 is 1.35 bits per heavy atom. The van der Waals surface area contributed by atoms with E-state index in [1.54, 1.807) is 0 Å². The number of ether oxygens (including phenoxy) is 2. The Morgan fingerprint density at radius 1 is 0.757 bits per heavy atom. The van der Waals surface area contributed by atoms with Gasteiger partial charge in [-0.3, -0.25) is 0 Å². The molecule has 4 heteroatoms. The molecule has 2 aromatic carbocycles. The Hall–Kier alpha value is -2.33. The number of nitrogens with zero attached hydrogens (tertiary/aromatic N) is 1. The Morgan fingerprint density at radius 3 is 2.00 bits per heavy atom. The first-order chi connectivity index (χ1) is 17.9. The van der Waals surface area contributed by atoms with Gasteiger partial charge in [0.05, 0.1) is 14.1 Å². The van der Waals surface area contributed by atoms with Gasteiger partial charge in [-0.25, -0.2) is 4.79 Å². The fraction of sp³-hybridized carbons (Fsp3) is 0.606. The van der Waals surface area contributed by atoms with Gasteiger partial charge in [0, 0.05) is 12.0 Å². The molecule has 0 fully saturated rings. The molecule has 0 saturated heterocycles. The minimum absolute atomic E-state index is 0.216. The summed E-state index contributed by atoms with van der Waals surface area (Å²) in [6.45, 7) is 5.44. The normalized spacial score (nSPS) is 12.3. The van der Waals surface area contributed by atoms with E-state index in [9.17, 15) is 4.79 Å². The highest BCUT2D eigenvalue weighted by molar-refractivity contribution is 5.70. The van der Waals surface area contributed by atoms with Crippen molar-refractivity contribution >= 4 is 5.97 Å². The zero-order valence-electron chi connectivity index (χ0n) is 24.1. The number of carbonyl (C=O) groups excluding carboxylic acids is 1. The van der Waals surface area contributed by atoms with Crippen LogP contribution in [0.15, 0.2) is 54.6 Å². The Kier molecular flexibility index (Phi) is 15.0. The van der Waals surface area contributed by atoms with Crippen LogP contribution in [0.4, 0.5) is 0 Å². The van der Waals surface area contributed by atoms with E-state index >= 15 is 0 Å². The van der Waals surface area contributed by atoms with E-state index in [1.807, 2.05) is 30.3 Å². The molecular weight excluding hydrogens is 458 g/mol. The van der Waals surface area contributed by atoms with E-state index in [4.69, 9.17) is 9.47 Å². The molecule has 1 atom stereocenters. The summed E-state index contributed by atoms with van der Waals surface area (Å²) in [6.07, 6.45) is 15.3. The molecule has 37 heavy (non-hydrogen) atoms. The summed E-state index contributed by atoms with van der Waals surface area (Å²) in [5.41, 5.74) is 2.42. The van der Waals surface area contributed by atoms with Gasteiger partial charge in [0.25, 0.3) is 0 Å². The third-order valence-electron chi connectivity index (χ3n) is 6.83. The molecule has 0 aliphatic heterocycles. The first-order valence-corrected chi connectivity index (χ1v) is 14.7. The maximum atomic E-state index is 12.9. The molecule has 0 aromatic heterocycles. The van der Waals surface area contributed by atoms with E-state index in [2.05, 4.69) is 52.2 Å². The van der Waals surface area contributed by atoms with E-state index in [0.29, 0.717) is 17.4 Å². The summed E-state index contributed by atoms with van der Waals surface area (Å²) < 4.78 is 12.7. The number of carbonyl (C=O) groups is 1. The summed E-state index contributed by atoms with van der Waals surface area (Å²) in [4.78, 5) is 12.9. The Balaban J connectivity index is 1.79. The quantitative estimate of drug-likeness (QED) is 0.0775. The van der Waals surface area contributed by atoms with Crippen LogP contribution in [0.5, 0.6) is 5.75 Å². The topological polar surface area (TPSA) is 35.5 Å². The number of unbranched alkanes of at least 4 members (excludes halogenated alkanes) is 9. The largest absolute Gasteiger partial charge is 0.454 e. The first kappa shape index (κ1) is 30.9. The van der Waals surface area contributed by atoms with Crippen molar-refractivity contribution in [3.05, 3.63) is 65.7 Å². The molecule has 0 aliphatic carbocycles. The van der Waals surface area contributed by atoms with Crippen LogP contribution in [0.25, 0.3) is 0 Å². The van der Waals surface area contributed by atoms with Gasteiger partial charge in [-0.15, -0.1) is 0 Å². The van der Waals surface area contributed by atoms with Crippen LogP contribution in [0.1, 0.15) is 102 Å². The third-order valence-corrected chi connectivity index (χ3v) is 6.83. The van der Waals surface area contributed by atoms with Crippen molar-refractivity contribution in [2.24, 2.45) is 0 Å². The number of esters is 1. The average Bonchev–Trinajstić information content (AvgIpc) is 2.86. The minimum Gasteiger partial charge on any atom is -0.454 e. The zero-order valence-corrected chi connectivity index (χ0v) is 24.1. The van der Waals surface area contributed by atoms with Crippen molar-refractivity contribution < 1.29 is 18.8 Å². The van der Waals surface area contributed by atoms with Gasteiger partial charge in [-0.05, 0) is 30.9 Å². The van der Waals surface area contributed by atoms with Crippen LogP contribution in [0.2, 0.25) is 0 Å². The molecule has 0 radical (unpaired) electrons. The smallest absolute Gasteiger partial charge is 0.364 e. The van der Waals surface area contributed by atoms with Gasteiger partial charge in [-0.1, -0.05) is 120 Å². The number of hydrogen-bond acceptors (Lipinski definition) is 3. The molecule has 0 aliphatic rings. The van der Waals surface area contributed by atoms with Crippen LogP contribution in [0, 0.1) is 0 Å². The third kappa shape index (κ3) is 13.7. The lowest BCUT2D eigenvalue weighted by Crippen LogP contribution is -2.44. The van der Waals surface area contributed by atoms with E-state index in [-0.39, 0.29) is 5.97 Å². The fourth-order valence-corrected chi connectivity index (χ4v) is 4.81. The number of aryl methyl sites for hydroxylation is 1. The van der Waals surface area contributed by atoms with Gasteiger partial charge in [0.1, 0.15) is 12.3 Å². The number of likely N-dealkylation sites (N-methyl/N-ethyl adjacent to an activating group) is 1. The molecular formula is C33H52NO3+. The maximum absolute atomic E-state index is 12.9. The number of hydrogen-bond donors (Lipinski definition) is 0. The molecule has 0 saturated carbocycles. The highest BCUT2D eigenvalue weighted by atomic mass is 16.7. The zero-order chi connectivity index (χ0) is 26.8. The van der Waals surface area contributed by atoms with Crippen molar-refractivity contribution in [1.82, 2.24) is 0 Å². The van der Waals surface area contributed by atoms with Crippen molar-refractivity contribution in [3.8, 4) is 5.75 Å². The lowest BCUT2D eigenvalue weighted by molar-refractivity contribution is -0.896. The standard InChI is InChI=1S/C33H52NO3/c1-5-7-8-9-10-11-12-13-14-18-24-30-25-19-20-26-31(30)36-33(21-6-2)37-32(35)28-34(3,4)27-29-22-16-15-17-23-29/h15-17,19-20,22-23,25-26,33H,5-14,18,21,24,27-28H2,1-4H3/q+1. The van der Waals surface area contributed by atoms with Crippen LogP contribution in [-0.2, 0) is 22.5 Å². The highest BCUT2D eigenvalue weighted by Gasteiger charge is 2.25. The lowest BCUT2D eigenvalue weighted by Gasteiger charge is -2.29. The number of quaternary nitrogens is 1. The Labute approximate surface area is 227 Å². The summed E-state index contributed by atoms with van der Waals surface area (Å²) >= 11 is 0. The molecule has 206 valence electrons. The van der Waals surface area contributed by atoms with Crippen LogP contribution in [0.3, 0.4) is 0 Å². The van der Waals surface area contributed by atoms with Gasteiger partial charge < -0.3 is 14.0 Å². The van der Waals surface area contributed by atoms with Crippen LogP contribution < -0.4 is 4.74 Å². The average molecular weight is 511 g/mol. The minimum atomic E-state index is -0.553. The molecule has 1 unspecified atom stereocenters. The van der Waals surface area contributed by atoms with E-state index in [0.717, 1.165) is 25.1 Å². The van der Waals surface area contributed by atoms with Gasteiger partial charge in [0.15, 0.2) is 6.54 Å². The van der Waals surface area contributed by atoms with Gasteiger partial charge in [-0.2, -0.15) is 0 Å². The Bertz CT molecular complexity index is 865. The molecule has 0 N–H and O–H groups in total. The van der Waals surface area contributed by atoms with Crippen molar-refractivity contribution in [1.29, 1.82) is 0 Å². The fourth-order valence-electron chi connectivity index (χ4n) is 4.81. The monoisotopic (exact) mass is 510 g/mol.